The normalized spacial score (nSPS) is 21.7. The number of halogens is 1. The molecular weight excluding hydrogens is 328 g/mol. The third-order valence-corrected chi connectivity index (χ3v) is 4.17. The number of carbonyl (C=O) groups is 1. The summed E-state index contributed by atoms with van der Waals surface area (Å²) in [5, 5.41) is 13.7. The minimum atomic E-state index is -0.517. The van der Waals surface area contributed by atoms with Crippen molar-refractivity contribution in [1.29, 1.82) is 0 Å². The van der Waals surface area contributed by atoms with Gasteiger partial charge in [0.1, 0.15) is 0 Å². The van der Waals surface area contributed by atoms with Crippen LogP contribution in [0.3, 0.4) is 0 Å². The number of nitro groups is 1. The number of rotatable bonds is 4. The van der Waals surface area contributed by atoms with E-state index in [0.29, 0.717) is 4.47 Å². The lowest BCUT2D eigenvalue weighted by Gasteiger charge is -2.19. The minimum absolute atomic E-state index is 0.0106. The SMILES string of the molecule is COC1CCCC1NC(=O)c1cc([N+](=O)[O-])ccc1Br. The van der Waals surface area contributed by atoms with Crippen LogP contribution in [0.4, 0.5) is 5.69 Å². The highest BCUT2D eigenvalue weighted by Gasteiger charge is 2.29. The van der Waals surface area contributed by atoms with Crippen LogP contribution < -0.4 is 5.32 Å². The Labute approximate surface area is 124 Å². The van der Waals surface area contributed by atoms with E-state index in [4.69, 9.17) is 4.74 Å². The summed E-state index contributed by atoms with van der Waals surface area (Å²) in [4.78, 5) is 22.5. The van der Waals surface area contributed by atoms with E-state index in [1.807, 2.05) is 0 Å². The molecule has 1 N–H and O–H groups in total. The maximum Gasteiger partial charge on any atom is 0.270 e. The molecule has 1 saturated carbocycles. The maximum atomic E-state index is 12.2. The Bertz CT molecular complexity index is 535. The molecule has 20 heavy (non-hydrogen) atoms. The van der Waals surface area contributed by atoms with Gasteiger partial charge in [0.25, 0.3) is 11.6 Å². The predicted octanol–water partition coefficient (Wildman–Crippen LogP) is 2.65. The standard InChI is InChI=1S/C13H15BrN2O4/c1-20-12-4-2-3-11(12)15-13(17)9-7-8(16(18)19)5-6-10(9)14/h5-7,11-12H,2-4H2,1H3,(H,15,17). The second-order valence-electron chi connectivity index (χ2n) is 4.71. The first-order chi connectivity index (χ1) is 9.52. The van der Waals surface area contributed by atoms with Crippen LogP contribution in [0.2, 0.25) is 0 Å². The zero-order valence-electron chi connectivity index (χ0n) is 11.0. The van der Waals surface area contributed by atoms with Crippen LogP contribution in [0.1, 0.15) is 29.6 Å². The molecule has 1 amide bonds. The van der Waals surface area contributed by atoms with E-state index in [1.54, 1.807) is 7.11 Å². The number of ether oxygens (including phenoxy) is 1. The smallest absolute Gasteiger partial charge is 0.270 e. The first-order valence-corrected chi connectivity index (χ1v) is 7.10. The summed E-state index contributed by atoms with van der Waals surface area (Å²) in [5.41, 5.74) is 0.161. The first kappa shape index (κ1) is 14.9. The van der Waals surface area contributed by atoms with Crippen molar-refractivity contribution in [1.82, 2.24) is 5.32 Å². The van der Waals surface area contributed by atoms with Crippen molar-refractivity contribution in [2.24, 2.45) is 0 Å². The lowest BCUT2D eigenvalue weighted by molar-refractivity contribution is -0.384. The van der Waals surface area contributed by atoms with Gasteiger partial charge in [-0.05, 0) is 41.3 Å². The van der Waals surface area contributed by atoms with E-state index in [9.17, 15) is 14.9 Å². The van der Waals surface area contributed by atoms with E-state index in [0.717, 1.165) is 19.3 Å². The Morgan fingerprint density at radius 3 is 2.90 bits per heavy atom. The lowest BCUT2D eigenvalue weighted by Crippen LogP contribution is -2.40. The molecule has 0 saturated heterocycles. The molecule has 1 aromatic rings. The van der Waals surface area contributed by atoms with Crippen LogP contribution in [0.25, 0.3) is 0 Å². The number of methoxy groups -OCH3 is 1. The van der Waals surface area contributed by atoms with Gasteiger partial charge in [0.2, 0.25) is 0 Å². The Hall–Kier alpha value is -1.47. The Morgan fingerprint density at radius 1 is 1.50 bits per heavy atom. The molecule has 0 aliphatic heterocycles. The summed E-state index contributed by atoms with van der Waals surface area (Å²) < 4.78 is 5.85. The van der Waals surface area contributed by atoms with Crippen molar-refractivity contribution in [2.75, 3.05) is 7.11 Å². The molecule has 7 heteroatoms. The summed E-state index contributed by atoms with van der Waals surface area (Å²) in [6.07, 6.45) is 2.78. The molecule has 2 unspecified atom stereocenters. The van der Waals surface area contributed by atoms with Crippen LogP contribution in [0.15, 0.2) is 22.7 Å². The number of nitrogens with one attached hydrogen (secondary N) is 1. The van der Waals surface area contributed by atoms with Crippen LogP contribution >= 0.6 is 15.9 Å². The molecule has 6 nitrogen and oxygen atoms in total. The highest BCUT2D eigenvalue weighted by molar-refractivity contribution is 9.10. The van der Waals surface area contributed by atoms with Crippen molar-refractivity contribution in [3.05, 3.63) is 38.3 Å². The quantitative estimate of drug-likeness (QED) is 0.673. The minimum Gasteiger partial charge on any atom is -0.379 e. The number of nitro benzene ring substituents is 1. The van der Waals surface area contributed by atoms with Gasteiger partial charge in [-0.2, -0.15) is 0 Å². The second-order valence-corrected chi connectivity index (χ2v) is 5.56. The highest BCUT2D eigenvalue weighted by atomic mass is 79.9. The fourth-order valence-corrected chi connectivity index (χ4v) is 2.85. The average molecular weight is 343 g/mol. The van der Waals surface area contributed by atoms with Crippen molar-refractivity contribution in [2.45, 2.75) is 31.4 Å². The molecule has 0 aromatic heterocycles. The Kier molecular flexibility index (Phi) is 4.72. The number of hydrogen-bond acceptors (Lipinski definition) is 4. The molecular formula is C13H15BrN2O4. The highest BCUT2D eigenvalue weighted by Crippen LogP contribution is 2.25. The van der Waals surface area contributed by atoms with E-state index >= 15 is 0 Å². The fourth-order valence-electron chi connectivity index (χ4n) is 2.42. The van der Waals surface area contributed by atoms with Gasteiger partial charge in [-0.3, -0.25) is 14.9 Å². The number of carbonyl (C=O) groups excluding carboxylic acids is 1. The third kappa shape index (κ3) is 3.16. The Morgan fingerprint density at radius 2 is 2.25 bits per heavy atom. The van der Waals surface area contributed by atoms with Crippen LogP contribution in [0, 0.1) is 10.1 Å². The monoisotopic (exact) mass is 342 g/mol. The third-order valence-electron chi connectivity index (χ3n) is 3.48. The molecule has 1 aliphatic carbocycles. The zero-order chi connectivity index (χ0) is 14.7. The summed E-state index contributed by atoms with van der Waals surface area (Å²) in [6, 6.07) is 4.10. The number of amides is 1. The molecule has 1 aromatic carbocycles. The fraction of sp³-hybridized carbons (Fsp3) is 0.462. The number of hydrogen-bond donors (Lipinski definition) is 1. The zero-order valence-corrected chi connectivity index (χ0v) is 12.6. The van der Waals surface area contributed by atoms with Gasteiger partial charge in [-0.15, -0.1) is 0 Å². The van der Waals surface area contributed by atoms with Gasteiger partial charge in [0.05, 0.1) is 22.6 Å². The summed E-state index contributed by atoms with van der Waals surface area (Å²) >= 11 is 3.25. The van der Waals surface area contributed by atoms with Gasteiger partial charge < -0.3 is 10.1 Å². The number of nitrogens with zero attached hydrogens (tertiary/aromatic N) is 1. The molecule has 0 bridgehead atoms. The van der Waals surface area contributed by atoms with E-state index in [2.05, 4.69) is 21.2 Å². The largest absolute Gasteiger partial charge is 0.379 e. The van der Waals surface area contributed by atoms with Gasteiger partial charge in [0.15, 0.2) is 0 Å². The van der Waals surface area contributed by atoms with Gasteiger partial charge >= 0.3 is 0 Å². The van der Waals surface area contributed by atoms with E-state index in [1.165, 1.54) is 18.2 Å². The van der Waals surface area contributed by atoms with Crippen LogP contribution in [-0.4, -0.2) is 30.1 Å². The predicted molar refractivity (Wildman–Crippen MR) is 76.7 cm³/mol. The van der Waals surface area contributed by atoms with Gasteiger partial charge in [0, 0.05) is 23.7 Å². The van der Waals surface area contributed by atoms with Crippen molar-refractivity contribution in [3.8, 4) is 0 Å². The molecule has 0 spiro atoms. The van der Waals surface area contributed by atoms with Crippen molar-refractivity contribution < 1.29 is 14.5 Å². The van der Waals surface area contributed by atoms with Crippen LogP contribution in [-0.2, 0) is 4.74 Å². The number of non-ortho nitro benzene ring substituents is 1. The molecule has 0 radical (unpaired) electrons. The first-order valence-electron chi connectivity index (χ1n) is 6.30. The van der Waals surface area contributed by atoms with E-state index in [-0.39, 0.29) is 29.3 Å². The van der Waals surface area contributed by atoms with Crippen molar-refractivity contribution in [3.63, 3.8) is 0 Å². The van der Waals surface area contributed by atoms with Crippen molar-refractivity contribution >= 4 is 27.5 Å². The van der Waals surface area contributed by atoms with Gasteiger partial charge in [-0.1, -0.05) is 0 Å². The Balaban J connectivity index is 2.16. The van der Waals surface area contributed by atoms with Gasteiger partial charge in [-0.25, -0.2) is 0 Å². The molecule has 0 heterocycles. The van der Waals surface area contributed by atoms with E-state index < -0.39 is 4.92 Å². The molecule has 1 aliphatic rings. The molecule has 2 atom stereocenters. The molecule has 2 rings (SSSR count). The maximum absolute atomic E-state index is 12.2. The van der Waals surface area contributed by atoms with Crippen LogP contribution in [0.5, 0.6) is 0 Å². The topological polar surface area (TPSA) is 81.5 Å². The average Bonchev–Trinajstić information content (AvgIpc) is 2.86. The molecule has 108 valence electrons. The summed E-state index contributed by atoms with van der Waals surface area (Å²) in [7, 11) is 1.62. The number of benzene rings is 1. The summed E-state index contributed by atoms with van der Waals surface area (Å²) in [5.74, 6) is -0.325. The lowest BCUT2D eigenvalue weighted by atomic mass is 10.1. The molecule has 1 fully saturated rings. The summed E-state index contributed by atoms with van der Waals surface area (Å²) in [6.45, 7) is 0. The second kappa shape index (κ2) is 6.32.